The van der Waals surface area contributed by atoms with Gasteiger partial charge < -0.3 is 29.2 Å². The van der Waals surface area contributed by atoms with E-state index in [-0.39, 0.29) is 66.3 Å². The minimum atomic E-state index is -1.92. The van der Waals surface area contributed by atoms with Gasteiger partial charge in [-0.1, -0.05) is 13.8 Å². The molecule has 0 unspecified atom stereocenters. The molecule has 0 aromatic heterocycles. The van der Waals surface area contributed by atoms with Gasteiger partial charge in [-0.15, -0.1) is 0 Å². The Morgan fingerprint density at radius 1 is 1.18 bits per heavy atom. The molecule has 5 aliphatic heterocycles. The standard InChI is InChI=1S/C29H36O9/c1-14(9-16-10-15(2)24(33)35-16)21-22-25(21,3)7-8-27-12-28-18(6-5-17(27)23(32)29(22,34)38-27)26(4,13-30)36-19(28)11-20(31)37-28/h9-10,14,17-19,21-22,30,34H,5-8,11-13H2,1-4H3/b16-9+/t14-,17+,18+,19-,21-,22+,25-,26+,27+,28-,29+/m1/s1. The number of aliphatic hydroxyl groups excluding tert-OH is 1. The SMILES string of the molecule is CC1=C/C(=C\[C@@H](C)[C@@H]2[C@H]3[C@]2(C)CC[C@]24C[C@]56OC(=O)C[C@H]5O[C@@](C)(CO)[C@@H]6CC[C@H]2C(=O)[C@@]3(O)O4)OC1=O. The number of hydrogen-bond donors (Lipinski definition) is 2. The summed E-state index contributed by atoms with van der Waals surface area (Å²) in [5, 5.41) is 22.3. The lowest BCUT2D eigenvalue weighted by Crippen LogP contribution is -2.52. The number of ketones is 1. The van der Waals surface area contributed by atoms with Crippen LogP contribution in [-0.4, -0.2) is 63.2 Å². The summed E-state index contributed by atoms with van der Waals surface area (Å²) < 4.78 is 24.3. The lowest BCUT2D eigenvalue weighted by molar-refractivity contribution is -0.243. The van der Waals surface area contributed by atoms with E-state index in [1.807, 2.05) is 19.9 Å². The molecule has 0 amide bonds. The minimum Gasteiger partial charge on any atom is -0.456 e. The molecular formula is C29H36O9. The van der Waals surface area contributed by atoms with E-state index in [4.69, 9.17) is 18.9 Å². The second-order valence-electron chi connectivity index (χ2n) is 13.5. The van der Waals surface area contributed by atoms with Crippen LogP contribution in [0, 0.1) is 35.0 Å². The average Bonchev–Trinajstić information content (AvgIpc) is 3.06. The first kappa shape index (κ1) is 24.9. The molecule has 2 aliphatic carbocycles. The first-order valence-electron chi connectivity index (χ1n) is 13.9. The number of Topliss-reactive ketones (excluding diaryl/α,β-unsaturated/α-hetero) is 1. The number of ether oxygens (including phenoxy) is 4. The number of fused-ring (bicyclic) bond motifs is 3. The summed E-state index contributed by atoms with van der Waals surface area (Å²) in [6.07, 6.45) is 5.81. The third-order valence-electron chi connectivity index (χ3n) is 11.4. The summed E-state index contributed by atoms with van der Waals surface area (Å²) in [5.41, 5.74) is -2.61. The number of carbonyl (C=O) groups is 3. The van der Waals surface area contributed by atoms with Crippen LogP contribution in [0.15, 0.2) is 23.5 Å². The van der Waals surface area contributed by atoms with Crippen molar-refractivity contribution in [1.82, 2.24) is 0 Å². The minimum absolute atomic E-state index is 0.0212. The molecule has 7 aliphatic rings. The maximum Gasteiger partial charge on any atom is 0.339 e. The van der Waals surface area contributed by atoms with Gasteiger partial charge in [-0.05, 0) is 68.9 Å². The molecule has 6 fully saturated rings. The first-order chi connectivity index (χ1) is 17.8. The van der Waals surface area contributed by atoms with E-state index in [1.165, 1.54) is 0 Å². The average molecular weight is 529 g/mol. The molecule has 0 radical (unpaired) electrons. The zero-order chi connectivity index (χ0) is 27.0. The van der Waals surface area contributed by atoms with Crippen molar-refractivity contribution in [2.45, 2.75) is 94.9 Å². The molecule has 2 saturated carbocycles. The van der Waals surface area contributed by atoms with Crippen LogP contribution >= 0.6 is 0 Å². The van der Waals surface area contributed by atoms with Gasteiger partial charge in [-0.25, -0.2) is 4.79 Å². The summed E-state index contributed by atoms with van der Waals surface area (Å²) in [6.45, 7) is 7.50. The molecule has 4 saturated heterocycles. The van der Waals surface area contributed by atoms with Crippen molar-refractivity contribution in [2.24, 2.45) is 35.0 Å². The normalized spacial score (nSPS) is 54.3. The highest BCUT2D eigenvalue weighted by atomic mass is 16.7. The van der Waals surface area contributed by atoms with E-state index in [2.05, 4.69) is 6.92 Å². The van der Waals surface area contributed by atoms with Crippen molar-refractivity contribution in [3.8, 4) is 0 Å². The van der Waals surface area contributed by atoms with Gasteiger partial charge in [0.2, 0.25) is 5.79 Å². The Morgan fingerprint density at radius 2 is 1.95 bits per heavy atom. The van der Waals surface area contributed by atoms with Gasteiger partial charge in [0, 0.05) is 23.8 Å². The highest BCUT2D eigenvalue weighted by Gasteiger charge is 2.82. The molecule has 0 aromatic carbocycles. The van der Waals surface area contributed by atoms with Gasteiger partial charge in [-0.2, -0.15) is 0 Å². The van der Waals surface area contributed by atoms with Gasteiger partial charge in [0.15, 0.2) is 5.78 Å². The van der Waals surface area contributed by atoms with Crippen molar-refractivity contribution in [3.05, 3.63) is 23.5 Å². The lowest BCUT2D eigenvalue weighted by atomic mass is 9.69. The number of aliphatic hydroxyl groups is 2. The highest BCUT2D eigenvalue weighted by Crippen LogP contribution is 2.75. The number of cyclic esters (lactones) is 1. The fraction of sp³-hybridized carbons (Fsp3) is 0.759. The van der Waals surface area contributed by atoms with Crippen LogP contribution in [0.2, 0.25) is 0 Å². The van der Waals surface area contributed by atoms with Crippen LogP contribution in [0.4, 0.5) is 0 Å². The Bertz CT molecular complexity index is 1220. The maximum atomic E-state index is 14.1. The van der Waals surface area contributed by atoms with E-state index in [1.54, 1.807) is 13.0 Å². The third-order valence-corrected chi connectivity index (χ3v) is 11.4. The van der Waals surface area contributed by atoms with Crippen LogP contribution in [0.5, 0.6) is 0 Å². The van der Waals surface area contributed by atoms with E-state index in [9.17, 15) is 24.6 Å². The van der Waals surface area contributed by atoms with E-state index in [0.29, 0.717) is 30.6 Å². The van der Waals surface area contributed by atoms with Gasteiger partial charge in [0.05, 0.1) is 30.1 Å². The summed E-state index contributed by atoms with van der Waals surface area (Å²) in [5.74, 6) is -3.63. The molecule has 2 N–H and O–H groups in total. The third kappa shape index (κ3) is 2.89. The smallest absolute Gasteiger partial charge is 0.339 e. The molecule has 7 rings (SSSR count). The van der Waals surface area contributed by atoms with E-state index >= 15 is 0 Å². The Labute approximate surface area is 221 Å². The van der Waals surface area contributed by atoms with E-state index < -0.39 is 34.6 Å². The summed E-state index contributed by atoms with van der Waals surface area (Å²) in [6, 6.07) is 0. The van der Waals surface area contributed by atoms with E-state index in [0.717, 1.165) is 6.42 Å². The molecule has 9 heteroatoms. The van der Waals surface area contributed by atoms with Crippen LogP contribution < -0.4 is 0 Å². The van der Waals surface area contributed by atoms with Crippen LogP contribution in [0.3, 0.4) is 0 Å². The molecule has 2 bridgehead atoms. The van der Waals surface area contributed by atoms with Gasteiger partial charge in [0.1, 0.15) is 17.5 Å². The molecule has 11 atom stereocenters. The topological polar surface area (TPSA) is 129 Å². The Hall–Kier alpha value is -2.07. The predicted molar refractivity (Wildman–Crippen MR) is 130 cm³/mol. The largest absolute Gasteiger partial charge is 0.456 e. The van der Waals surface area contributed by atoms with Crippen LogP contribution in [0.25, 0.3) is 0 Å². The van der Waals surface area contributed by atoms with Crippen molar-refractivity contribution in [3.63, 3.8) is 0 Å². The van der Waals surface area contributed by atoms with Gasteiger partial charge in [0.25, 0.3) is 0 Å². The fourth-order valence-electron chi connectivity index (χ4n) is 9.71. The van der Waals surface area contributed by atoms with Crippen LogP contribution in [-0.2, 0) is 33.3 Å². The molecule has 2 spiro atoms. The Morgan fingerprint density at radius 3 is 2.63 bits per heavy atom. The van der Waals surface area contributed by atoms with Crippen molar-refractivity contribution in [2.75, 3.05) is 6.61 Å². The zero-order valence-corrected chi connectivity index (χ0v) is 22.3. The van der Waals surface area contributed by atoms with Gasteiger partial charge in [-0.3, -0.25) is 9.59 Å². The quantitative estimate of drug-likeness (QED) is 0.530. The monoisotopic (exact) mass is 528 g/mol. The number of rotatable bonds is 3. The number of esters is 2. The van der Waals surface area contributed by atoms with Crippen molar-refractivity contribution in [1.29, 1.82) is 0 Å². The second-order valence-corrected chi connectivity index (χ2v) is 13.5. The van der Waals surface area contributed by atoms with Gasteiger partial charge >= 0.3 is 11.9 Å². The Balaban J connectivity index is 1.23. The summed E-state index contributed by atoms with van der Waals surface area (Å²) >= 11 is 0. The zero-order valence-electron chi connectivity index (χ0n) is 22.3. The molecule has 38 heavy (non-hydrogen) atoms. The molecule has 0 aromatic rings. The molecule has 9 nitrogen and oxygen atoms in total. The maximum absolute atomic E-state index is 14.1. The summed E-state index contributed by atoms with van der Waals surface area (Å²) in [7, 11) is 0. The molecular weight excluding hydrogens is 492 g/mol. The second kappa shape index (κ2) is 7.36. The van der Waals surface area contributed by atoms with Crippen LogP contribution in [0.1, 0.15) is 66.2 Å². The fourth-order valence-corrected chi connectivity index (χ4v) is 9.71. The number of carbonyl (C=O) groups excluding carboxylic acids is 3. The number of allylic oxidation sites excluding steroid dienone is 2. The number of hydrogen-bond acceptors (Lipinski definition) is 9. The van der Waals surface area contributed by atoms with Crippen molar-refractivity contribution >= 4 is 17.7 Å². The highest BCUT2D eigenvalue weighted by molar-refractivity contribution is 5.93. The summed E-state index contributed by atoms with van der Waals surface area (Å²) in [4.78, 5) is 38.4. The first-order valence-corrected chi connectivity index (χ1v) is 13.9. The Kier molecular flexibility index (Phi) is 4.83. The van der Waals surface area contributed by atoms with Crippen molar-refractivity contribution < 1.29 is 43.5 Å². The predicted octanol–water partition coefficient (Wildman–Crippen LogP) is 2.33. The molecule has 5 heterocycles. The molecule has 206 valence electrons. The lowest BCUT2D eigenvalue weighted by Gasteiger charge is -2.41.